The number of hydrogen-bond acceptors (Lipinski definition) is 2. The second-order valence-corrected chi connectivity index (χ2v) is 8.38. The number of ketones is 1. The molecule has 0 N–H and O–H groups in total. The molecule has 4 aliphatic carbocycles. The largest absolute Gasteiger partial charge is 0.300 e. The van der Waals surface area contributed by atoms with E-state index in [2.05, 4.69) is 4.90 Å². The molecule has 2 aliphatic heterocycles. The minimum atomic E-state index is 0.543. The smallest absolute Gasteiger partial charge is 0.136 e. The quantitative estimate of drug-likeness (QED) is 0.721. The van der Waals surface area contributed by atoms with Crippen LogP contribution in [0.5, 0.6) is 0 Å². The Morgan fingerprint density at radius 1 is 0.842 bits per heavy atom. The summed E-state index contributed by atoms with van der Waals surface area (Å²) in [6.07, 6.45) is 13.4. The third kappa shape index (κ3) is 1.50. The molecule has 0 radical (unpaired) electrons. The molecular formula is C17H25NO. The molecule has 0 aromatic rings. The summed E-state index contributed by atoms with van der Waals surface area (Å²) >= 11 is 0. The standard InChI is InChI=1S/C17H25NO/c19-16-6-14-1-2-15(7-16)18(14)17-8-11-3-12(9-17)5-13(4-11)10-17/h11-15H,1-10H2. The zero-order valence-corrected chi connectivity index (χ0v) is 11.8. The van der Waals surface area contributed by atoms with E-state index in [1.807, 2.05) is 0 Å². The van der Waals surface area contributed by atoms with Gasteiger partial charge in [0.2, 0.25) is 0 Å². The van der Waals surface area contributed by atoms with Crippen molar-refractivity contribution in [2.24, 2.45) is 17.8 Å². The molecular weight excluding hydrogens is 234 g/mol. The molecule has 2 atom stereocenters. The summed E-state index contributed by atoms with van der Waals surface area (Å²) < 4.78 is 0. The number of fused-ring (bicyclic) bond motifs is 2. The molecule has 0 aromatic carbocycles. The highest BCUT2D eigenvalue weighted by Crippen LogP contribution is 2.60. The van der Waals surface area contributed by atoms with E-state index in [1.54, 1.807) is 0 Å². The number of hydrogen-bond donors (Lipinski definition) is 0. The Morgan fingerprint density at radius 2 is 1.32 bits per heavy atom. The molecule has 6 bridgehead atoms. The van der Waals surface area contributed by atoms with Crippen molar-refractivity contribution in [1.29, 1.82) is 0 Å². The Kier molecular flexibility index (Phi) is 2.16. The van der Waals surface area contributed by atoms with Crippen LogP contribution in [0.15, 0.2) is 0 Å². The molecule has 0 spiro atoms. The van der Waals surface area contributed by atoms with Crippen molar-refractivity contribution >= 4 is 5.78 Å². The number of nitrogens with zero attached hydrogens (tertiary/aromatic N) is 1. The molecule has 4 saturated carbocycles. The fourth-order valence-electron chi connectivity index (χ4n) is 7.13. The minimum Gasteiger partial charge on any atom is -0.300 e. The summed E-state index contributed by atoms with van der Waals surface area (Å²) in [6.45, 7) is 0. The van der Waals surface area contributed by atoms with Gasteiger partial charge in [-0.25, -0.2) is 0 Å². The molecule has 2 heterocycles. The SMILES string of the molecule is O=C1CC2CCC(C1)N2C12CC3CC(CC(C3)C1)C2. The first kappa shape index (κ1) is 11.3. The van der Waals surface area contributed by atoms with Crippen molar-refractivity contribution in [1.82, 2.24) is 4.90 Å². The molecule has 0 amide bonds. The maximum atomic E-state index is 11.9. The van der Waals surface area contributed by atoms with E-state index in [0.717, 1.165) is 30.6 Å². The zero-order valence-electron chi connectivity index (χ0n) is 11.8. The molecule has 2 heteroatoms. The van der Waals surface area contributed by atoms with Gasteiger partial charge in [-0.2, -0.15) is 0 Å². The van der Waals surface area contributed by atoms with Crippen molar-refractivity contribution in [3.05, 3.63) is 0 Å². The number of Topliss-reactive ketones (excluding diaryl/α,β-unsaturated/α-hetero) is 1. The van der Waals surface area contributed by atoms with Gasteiger partial charge in [0.05, 0.1) is 0 Å². The minimum absolute atomic E-state index is 0.543. The van der Waals surface area contributed by atoms with Crippen molar-refractivity contribution < 1.29 is 4.79 Å². The lowest BCUT2D eigenvalue weighted by molar-refractivity contribution is -0.138. The topological polar surface area (TPSA) is 20.3 Å². The van der Waals surface area contributed by atoms with Crippen molar-refractivity contribution in [3.63, 3.8) is 0 Å². The van der Waals surface area contributed by atoms with Crippen LogP contribution in [-0.4, -0.2) is 28.3 Å². The number of carbonyl (C=O) groups excluding carboxylic acids is 1. The molecule has 6 rings (SSSR count). The van der Waals surface area contributed by atoms with Gasteiger partial charge in [0.1, 0.15) is 5.78 Å². The van der Waals surface area contributed by atoms with Crippen LogP contribution < -0.4 is 0 Å². The lowest BCUT2D eigenvalue weighted by Gasteiger charge is -2.62. The summed E-state index contributed by atoms with van der Waals surface area (Å²) in [5.74, 6) is 3.64. The third-order valence-electron chi connectivity index (χ3n) is 7.10. The van der Waals surface area contributed by atoms with Gasteiger partial charge in [0.15, 0.2) is 0 Å². The summed E-state index contributed by atoms with van der Waals surface area (Å²) in [7, 11) is 0. The Hall–Kier alpha value is -0.370. The molecule has 2 nitrogen and oxygen atoms in total. The summed E-state index contributed by atoms with van der Waals surface area (Å²) in [5.41, 5.74) is 0.543. The maximum absolute atomic E-state index is 11.9. The van der Waals surface area contributed by atoms with E-state index in [4.69, 9.17) is 0 Å². The Balaban J connectivity index is 1.51. The van der Waals surface area contributed by atoms with Crippen molar-refractivity contribution in [2.75, 3.05) is 0 Å². The average molecular weight is 259 g/mol. The van der Waals surface area contributed by atoms with Crippen LogP contribution in [0, 0.1) is 17.8 Å². The molecule has 104 valence electrons. The van der Waals surface area contributed by atoms with Gasteiger partial charge in [-0.15, -0.1) is 0 Å². The number of piperidine rings is 1. The van der Waals surface area contributed by atoms with E-state index in [9.17, 15) is 4.79 Å². The molecule has 6 fully saturated rings. The molecule has 19 heavy (non-hydrogen) atoms. The van der Waals surface area contributed by atoms with Crippen LogP contribution >= 0.6 is 0 Å². The van der Waals surface area contributed by atoms with Gasteiger partial charge < -0.3 is 0 Å². The van der Waals surface area contributed by atoms with Gasteiger partial charge >= 0.3 is 0 Å². The lowest BCUT2D eigenvalue weighted by atomic mass is 9.52. The highest BCUT2D eigenvalue weighted by molar-refractivity contribution is 5.81. The second-order valence-electron chi connectivity index (χ2n) is 8.38. The number of carbonyl (C=O) groups is 1. The zero-order chi connectivity index (χ0) is 12.6. The van der Waals surface area contributed by atoms with E-state index < -0.39 is 0 Å². The van der Waals surface area contributed by atoms with E-state index in [1.165, 1.54) is 51.4 Å². The highest BCUT2D eigenvalue weighted by atomic mass is 16.1. The predicted molar refractivity (Wildman–Crippen MR) is 73.8 cm³/mol. The van der Waals surface area contributed by atoms with Crippen LogP contribution in [0.3, 0.4) is 0 Å². The Morgan fingerprint density at radius 3 is 1.79 bits per heavy atom. The molecule has 6 aliphatic rings. The fraction of sp³-hybridized carbons (Fsp3) is 0.941. The first-order chi connectivity index (χ1) is 9.22. The Labute approximate surface area is 115 Å². The van der Waals surface area contributed by atoms with E-state index >= 15 is 0 Å². The fourth-order valence-corrected chi connectivity index (χ4v) is 7.13. The van der Waals surface area contributed by atoms with Gasteiger partial charge in [-0.05, 0) is 69.1 Å². The van der Waals surface area contributed by atoms with Crippen molar-refractivity contribution in [3.8, 4) is 0 Å². The van der Waals surface area contributed by atoms with E-state index in [0.29, 0.717) is 23.4 Å². The summed E-state index contributed by atoms with van der Waals surface area (Å²) in [4.78, 5) is 14.8. The van der Waals surface area contributed by atoms with Gasteiger partial charge in [-0.3, -0.25) is 9.69 Å². The van der Waals surface area contributed by atoms with Gasteiger partial charge in [0, 0.05) is 30.5 Å². The summed E-state index contributed by atoms with van der Waals surface area (Å²) in [6, 6.07) is 1.25. The first-order valence-corrected chi connectivity index (χ1v) is 8.52. The normalized spacial score (nSPS) is 56.0. The maximum Gasteiger partial charge on any atom is 0.136 e. The lowest BCUT2D eigenvalue weighted by Crippen LogP contribution is -2.64. The van der Waals surface area contributed by atoms with Gasteiger partial charge in [-0.1, -0.05) is 0 Å². The van der Waals surface area contributed by atoms with Crippen molar-refractivity contribution in [2.45, 2.75) is 81.8 Å². The summed E-state index contributed by atoms with van der Waals surface area (Å²) in [5, 5.41) is 0. The van der Waals surface area contributed by atoms with Crippen LogP contribution in [0.4, 0.5) is 0 Å². The second kappa shape index (κ2) is 3.63. The van der Waals surface area contributed by atoms with Crippen LogP contribution in [0.2, 0.25) is 0 Å². The number of rotatable bonds is 1. The monoisotopic (exact) mass is 259 g/mol. The van der Waals surface area contributed by atoms with Crippen LogP contribution in [0.1, 0.15) is 64.2 Å². The third-order valence-corrected chi connectivity index (χ3v) is 7.10. The van der Waals surface area contributed by atoms with Crippen LogP contribution in [-0.2, 0) is 4.79 Å². The molecule has 0 aromatic heterocycles. The van der Waals surface area contributed by atoms with Gasteiger partial charge in [0.25, 0.3) is 0 Å². The average Bonchev–Trinajstić information content (AvgIpc) is 2.61. The first-order valence-electron chi connectivity index (χ1n) is 8.52. The van der Waals surface area contributed by atoms with E-state index in [-0.39, 0.29) is 0 Å². The Bertz CT molecular complexity index is 378. The molecule has 2 unspecified atom stereocenters. The molecule has 2 saturated heterocycles. The predicted octanol–water partition coefficient (Wildman–Crippen LogP) is 3.15. The van der Waals surface area contributed by atoms with Crippen LogP contribution in [0.25, 0.3) is 0 Å². The highest BCUT2D eigenvalue weighted by Gasteiger charge is 2.58.